The van der Waals surface area contributed by atoms with Gasteiger partial charge in [-0.05, 0) is 38.1 Å². The van der Waals surface area contributed by atoms with Crippen LogP contribution in [0.25, 0.3) is 0 Å². The minimum atomic E-state index is -3.87. The van der Waals surface area contributed by atoms with E-state index < -0.39 is 22.5 Å². The minimum Gasteiger partial charge on any atom is -0.490 e. The summed E-state index contributed by atoms with van der Waals surface area (Å²) in [5.74, 6) is -0.221. The third-order valence-electron chi connectivity index (χ3n) is 3.61. The van der Waals surface area contributed by atoms with E-state index in [0.29, 0.717) is 11.3 Å². The lowest BCUT2D eigenvalue weighted by Crippen LogP contribution is -2.31. The Morgan fingerprint density at radius 3 is 2.19 bits per heavy atom. The van der Waals surface area contributed by atoms with Gasteiger partial charge in [0.1, 0.15) is 25.5 Å². The highest BCUT2D eigenvalue weighted by molar-refractivity contribution is 7.89. The molecule has 1 N–H and O–H groups in total. The predicted octanol–water partition coefficient (Wildman–Crippen LogP) is 2.10. The molecule has 0 saturated heterocycles. The van der Waals surface area contributed by atoms with E-state index in [0.717, 1.165) is 5.56 Å². The van der Waals surface area contributed by atoms with Gasteiger partial charge in [-0.25, -0.2) is 8.42 Å². The van der Waals surface area contributed by atoms with Crippen LogP contribution < -0.4 is 9.46 Å². The van der Waals surface area contributed by atoms with Crippen molar-refractivity contribution in [1.29, 1.82) is 0 Å². The van der Waals surface area contributed by atoms with E-state index in [1.165, 1.54) is 31.2 Å². The van der Waals surface area contributed by atoms with Crippen molar-refractivity contribution in [3.8, 4) is 5.75 Å². The molecule has 0 unspecified atom stereocenters. The number of Topliss-reactive ketones (excluding diaryl/α,β-unsaturated/α-hetero) is 1. The van der Waals surface area contributed by atoms with Crippen LogP contribution in [-0.4, -0.2) is 39.9 Å². The van der Waals surface area contributed by atoms with Gasteiger partial charge < -0.3 is 9.47 Å². The molecule has 27 heavy (non-hydrogen) atoms. The average Bonchev–Trinajstić information content (AvgIpc) is 2.65. The number of esters is 1. The third-order valence-corrected chi connectivity index (χ3v) is 5.03. The molecular weight excluding hydrogens is 370 g/mol. The summed E-state index contributed by atoms with van der Waals surface area (Å²) in [4.78, 5) is 22.8. The maximum atomic E-state index is 12.1. The first kappa shape index (κ1) is 20.6. The summed E-state index contributed by atoms with van der Waals surface area (Å²) >= 11 is 0. The molecule has 0 saturated carbocycles. The average molecular weight is 391 g/mol. The molecule has 2 aromatic rings. The SMILES string of the molecule is CC(=O)c1ccc(S(=O)(=O)NCC(=O)OCCOc2ccc(C)cc2)cc1. The molecule has 0 amide bonds. The number of aryl methyl sites for hydroxylation is 1. The van der Waals surface area contributed by atoms with Gasteiger partial charge in [-0.15, -0.1) is 0 Å². The van der Waals surface area contributed by atoms with Crippen molar-refractivity contribution in [1.82, 2.24) is 4.72 Å². The molecule has 0 heterocycles. The molecule has 0 atom stereocenters. The van der Waals surface area contributed by atoms with E-state index >= 15 is 0 Å². The molecule has 0 aromatic heterocycles. The van der Waals surface area contributed by atoms with Gasteiger partial charge in [0.05, 0.1) is 4.90 Å². The van der Waals surface area contributed by atoms with E-state index in [1.807, 2.05) is 31.2 Å². The highest BCUT2D eigenvalue weighted by Crippen LogP contribution is 2.12. The summed E-state index contributed by atoms with van der Waals surface area (Å²) in [7, 11) is -3.87. The van der Waals surface area contributed by atoms with Crippen molar-refractivity contribution in [2.75, 3.05) is 19.8 Å². The molecule has 0 aliphatic rings. The van der Waals surface area contributed by atoms with Crippen molar-refractivity contribution in [2.45, 2.75) is 18.7 Å². The van der Waals surface area contributed by atoms with Gasteiger partial charge in [-0.3, -0.25) is 9.59 Å². The van der Waals surface area contributed by atoms with Crippen LogP contribution in [0.5, 0.6) is 5.75 Å². The van der Waals surface area contributed by atoms with E-state index in [4.69, 9.17) is 9.47 Å². The molecule has 0 fully saturated rings. The molecule has 7 nitrogen and oxygen atoms in total. The van der Waals surface area contributed by atoms with Crippen LogP contribution in [-0.2, 0) is 19.6 Å². The molecule has 144 valence electrons. The Balaban J connectivity index is 1.75. The number of benzene rings is 2. The van der Waals surface area contributed by atoms with Gasteiger partial charge in [0.25, 0.3) is 0 Å². The first-order valence-electron chi connectivity index (χ1n) is 8.24. The van der Waals surface area contributed by atoms with Crippen LogP contribution in [0.1, 0.15) is 22.8 Å². The van der Waals surface area contributed by atoms with Crippen molar-refractivity contribution in [3.05, 3.63) is 59.7 Å². The molecule has 0 bridgehead atoms. The summed E-state index contributed by atoms with van der Waals surface area (Å²) in [5.41, 5.74) is 1.51. The van der Waals surface area contributed by atoms with Gasteiger partial charge in [-0.1, -0.05) is 29.8 Å². The monoisotopic (exact) mass is 391 g/mol. The first-order chi connectivity index (χ1) is 12.8. The predicted molar refractivity (Wildman–Crippen MR) is 99.3 cm³/mol. The zero-order chi connectivity index (χ0) is 19.9. The standard InChI is InChI=1S/C19H21NO6S/c1-14-3-7-17(8-4-14)25-11-12-26-19(22)13-20-27(23,24)18-9-5-16(6-10-18)15(2)21/h3-10,20H,11-13H2,1-2H3. The zero-order valence-corrected chi connectivity index (χ0v) is 15.9. The number of carbonyl (C=O) groups excluding carboxylic acids is 2. The van der Waals surface area contributed by atoms with Gasteiger partial charge in [0.2, 0.25) is 10.0 Å². The van der Waals surface area contributed by atoms with Crippen LogP contribution in [0.4, 0.5) is 0 Å². The highest BCUT2D eigenvalue weighted by Gasteiger charge is 2.16. The smallest absolute Gasteiger partial charge is 0.321 e. The number of ketones is 1. The first-order valence-corrected chi connectivity index (χ1v) is 9.72. The van der Waals surface area contributed by atoms with Crippen LogP contribution in [0.3, 0.4) is 0 Å². The van der Waals surface area contributed by atoms with Crippen molar-refractivity contribution < 1.29 is 27.5 Å². The number of rotatable bonds is 9. The highest BCUT2D eigenvalue weighted by atomic mass is 32.2. The number of carbonyl (C=O) groups is 2. The van der Waals surface area contributed by atoms with Gasteiger partial charge in [0, 0.05) is 5.56 Å². The largest absolute Gasteiger partial charge is 0.490 e. The number of hydrogen-bond donors (Lipinski definition) is 1. The Hall–Kier alpha value is -2.71. The molecular formula is C19H21NO6S. The maximum absolute atomic E-state index is 12.1. The third kappa shape index (κ3) is 6.50. The maximum Gasteiger partial charge on any atom is 0.321 e. The second kappa shape index (κ2) is 9.29. The lowest BCUT2D eigenvalue weighted by Gasteiger charge is -2.09. The van der Waals surface area contributed by atoms with Crippen molar-refractivity contribution in [2.24, 2.45) is 0 Å². The Bertz CT molecular complexity index is 889. The molecule has 0 radical (unpaired) electrons. The fourth-order valence-electron chi connectivity index (χ4n) is 2.11. The number of hydrogen-bond acceptors (Lipinski definition) is 6. The molecule has 8 heteroatoms. The minimum absolute atomic E-state index is 0.00173. The molecule has 2 rings (SSSR count). The van der Waals surface area contributed by atoms with E-state index in [1.54, 1.807) is 0 Å². The fraction of sp³-hybridized carbons (Fsp3) is 0.263. The van der Waals surface area contributed by atoms with Crippen LogP contribution in [0.15, 0.2) is 53.4 Å². The van der Waals surface area contributed by atoms with E-state index in [9.17, 15) is 18.0 Å². The van der Waals surface area contributed by atoms with Gasteiger partial charge in [-0.2, -0.15) is 4.72 Å². The van der Waals surface area contributed by atoms with Crippen molar-refractivity contribution >= 4 is 21.8 Å². The van der Waals surface area contributed by atoms with Gasteiger partial charge >= 0.3 is 5.97 Å². The molecule has 0 aliphatic carbocycles. The fourth-order valence-corrected chi connectivity index (χ4v) is 3.08. The molecule has 2 aromatic carbocycles. The number of sulfonamides is 1. The summed E-state index contributed by atoms with van der Waals surface area (Å²) in [5, 5.41) is 0. The van der Waals surface area contributed by atoms with E-state index in [2.05, 4.69) is 4.72 Å². The number of nitrogens with one attached hydrogen (secondary N) is 1. The van der Waals surface area contributed by atoms with Crippen LogP contribution >= 0.6 is 0 Å². The van der Waals surface area contributed by atoms with Gasteiger partial charge in [0.15, 0.2) is 5.78 Å². The summed E-state index contributed by atoms with van der Waals surface area (Å²) in [6.45, 7) is 3.02. The zero-order valence-electron chi connectivity index (χ0n) is 15.1. The van der Waals surface area contributed by atoms with Crippen LogP contribution in [0, 0.1) is 6.92 Å². The Labute approximate surface area is 158 Å². The topological polar surface area (TPSA) is 98.8 Å². The lowest BCUT2D eigenvalue weighted by atomic mass is 10.2. The number of ether oxygens (including phenoxy) is 2. The Morgan fingerprint density at radius 1 is 0.963 bits per heavy atom. The van der Waals surface area contributed by atoms with Crippen molar-refractivity contribution in [3.63, 3.8) is 0 Å². The summed E-state index contributed by atoms with van der Waals surface area (Å²) < 4.78 is 36.8. The molecule has 0 spiro atoms. The summed E-state index contributed by atoms with van der Waals surface area (Å²) in [6, 6.07) is 12.9. The Morgan fingerprint density at radius 2 is 1.59 bits per heavy atom. The Kier molecular flexibility index (Phi) is 7.09. The molecule has 0 aliphatic heterocycles. The quantitative estimate of drug-likeness (QED) is 0.399. The normalized spacial score (nSPS) is 11.0. The second-order valence-electron chi connectivity index (χ2n) is 5.79. The van der Waals surface area contributed by atoms with Crippen LogP contribution in [0.2, 0.25) is 0 Å². The lowest BCUT2D eigenvalue weighted by molar-refractivity contribution is -0.142. The summed E-state index contributed by atoms with van der Waals surface area (Å²) in [6.07, 6.45) is 0. The van der Waals surface area contributed by atoms with E-state index in [-0.39, 0.29) is 23.9 Å². The second-order valence-corrected chi connectivity index (χ2v) is 7.55.